The molecule has 1 aliphatic heterocycles. The van der Waals surface area contributed by atoms with Gasteiger partial charge in [0.1, 0.15) is 5.82 Å². The Hall–Kier alpha value is -2.44. The molecule has 2 aromatic heterocycles. The van der Waals surface area contributed by atoms with Crippen LogP contribution in [0.5, 0.6) is 0 Å². The van der Waals surface area contributed by atoms with Crippen LogP contribution in [-0.4, -0.2) is 61.6 Å². The molecule has 194 valence electrons. The fourth-order valence-electron chi connectivity index (χ4n) is 5.10. The maximum atomic E-state index is 9.73. The second-order valence-electron chi connectivity index (χ2n) is 10.1. The SMILES string of the molecule is COCC(C)NC1CCC(Nc2cc(-c3cncc(NCC4(C#N)CCOCC4)c3)c(Cl)cn2)CC1. The van der Waals surface area contributed by atoms with Gasteiger partial charge in [0, 0.05) is 74.7 Å². The van der Waals surface area contributed by atoms with Gasteiger partial charge in [0.2, 0.25) is 0 Å². The first-order chi connectivity index (χ1) is 17.5. The Morgan fingerprint density at radius 3 is 2.64 bits per heavy atom. The van der Waals surface area contributed by atoms with Crippen molar-refractivity contribution in [1.82, 2.24) is 15.3 Å². The van der Waals surface area contributed by atoms with Crippen LogP contribution in [0.2, 0.25) is 5.02 Å². The van der Waals surface area contributed by atoms with Gasteiger partial charge in [0.05, 0.1) is 28.8 Å². The van der Waals surface area contributed by atoms with E-state index in [-0.39, 0.29) is 0 Å². The number of nitriles is 1. The van der Waals surface area contributed by atoms with E-state index in [0.29, 0.717) is 42.9 Å². The summed E-state index contributed by atoms with van der Waals surface area (Å²) in [5, 5.41) is 21.0. The zero-order valence-electron chi connectivity index (χ0n) is 21.2. The van der Waals surface area contributed by atoms with Gasteiger partial charge in [-0.15, -0.1) is 0 Å². The van der Waals surface area contributed by atoms with Gasteiger partial charge in [-0.2, -0.15) is 5.26 Å². The Balaban J connectivity index is 1.37. The fraction of sp³-hybridized carbons (Fsp3) is 0.593. The van der Waals surface area contributed by atoms with Crippen molar-refractivity contribution in [3.05, 3.63) is 35.7 Å². The number of nitrogens with one attached hydrogen (secondary N) is 3. The van der Waals surface area contributed by atoms with Crippen LogP contribution in [0.25, 0.3) is 11.1 Å². The lowest BCUT2D eigenvalue weighted by Gasteiger charge is -2.32. The van der Waals surface area contributed by atoms with Crippen LogP contribution in [0, 0.1) is 16.7 Å². The van der Waals surface area contributed by atoms with Gasteiger partial charge < -0.3 is 25.4 Å². The third kappa shape index (κ3) is 7.07. The molecule has 2 aliphatic rings. The number of rotatable bonds is 10. The van der Waals surface area contributed by atoms with Crippen LogP contribution in [-0.2, 0) is 9.47 Å². The molecule has 2 aromatic rings. The summed E-state index contributed by atoms with van der Waals surface area (Å²) in [6.07, 6.45) is 11.2. The molecular formula is C27H37ClN6O2. The minimum absolute atomic E-state index is 0.367. The molecule has 2 fully saturated rings. The number of halogens is 1. The van der Waals surface area contributed by atoms with Gasteiger partial charge in [0.15, 0.2) is 0 Å². The van der Waals surface area contributed by atoms with E-state index < -0.39 is 5.41 Å². The Morgan fingerprint density at radius 2 is 1.92 bits per heavy atom. The summed E-state index contributed by atoms with van der Waals surface area (Å²) >= 11 is 6.55. The first-order valence-electron chi connectivity index (χ1n) is 12.9. The van der Waals surface area contributed by atoms with Gasteiger partial charge in [-0.3, -0.25) is 4.98 Å². The number of pyridine rings is 2. The quantitative estimate of drug-likeness (QED) is 0.414. The molecule has 1 saturated carbocycles. The van der Waals surface area contributed by atoms with E-state index in [9.17, 15) is 5.26 Å². The minimum atomic E-state index is -0.407. The maximum Gasteiger partial charge on any atom is 0.126 e. The van der Waals surface area contributed by atoms with Gasteiger partial charge in [-0.1, -0.05) is 11.6 Å². The number of ether oxygens (including phenoxy) is 2. The van der Waals surface area contributed by atoms with Crippen molar-refractivity contribution in [2.75, 3.05) is 44.1 Å². The topological polar surface area (TPSA) is 104 Å². The first-order valence-corrected chi connectivity index (χ1v) is 13.2. The second kappa shape index (κ2) is 12.7. The Bertz CT molecular complexity index is 1030. The van der Waals surface area contributed by atoms with Crippen molar-refractivity contribution in [3.63, 3.8) is 0 Å². The van der Waals surface area contributed by atoms with Gasteiger partial charge in [-0.05, 0) is 57.6 Å². The summed E-state index contributed by atoms with van der Waals surface area (Å²) in [6, 6.07) is 7.81. The lowest BCUT2D eigenvalue weighted by Crippen LogP contribution is -2.42. The summed E-state index contributed by atoms with van der Waals surface area (Å²) in [5.74, 6) is 0.822. The highest BCUT2D eigenvalue weighted by atomic mass is 35.5. The lowest BCUT2D eigenvalue weighted by molar-refractivity contribution is 0.0456. The molecule has 0 bridgehead atoms. The summed E-state index contributed by atoms with van der Waals surface area (Å²) in [4.78, 5) is 8.95. The summed E-state index contributed by atoms with van der Waals surface area (Å²) < 4.78 is 10.7. The highest BCUT2D eigenvalue weighted by Gasteiger charge is 2.32. The minimum Gasteiger partial charge on any atom is -0.383 e. The van der Waals surface area contributed by atoms with Crippen LogP contribution < -0.4 is 16.0 Å². The smallest absolute Gasteiger partial charge is 0.126 e. The number of hydrogen-bond donors (Lipinski definition) is 3. The van der Waals surface area contributed by atoms with Gasteiger partial charge in [-0.25, -0.2) is 4.98 Å². The predicted molar refractivity (Wildman–Crippen MR) is 143 cm³/mol. The Labute approximate surface area is 219 Å². The fourth-order valence-corrected chi connectivity index (χ4v) is 5.31. The molecule has 3 N–H and O–H groups in total. The number of methoxy groups -OCH3 is 1. The molecule has 0 radical (unpaired) electrons. The van der Waals surface area contributed by atoms with Gasteiger partial charge in [0.25, 0.3) is 0 Å². The normalized spacial score (nSPS) is 22.4. The summed E-state index contributed by atoms with van der Waals surface area (Å²) in [7, 11) is 1.74. The molecule has 0 amide bonds. The van der Waals surface area contributed by atoms with E-state index in [1.165, 1.54) is 0 Å². The van der Waals surface area contributed by atoms with Crippen LogP contribution >= 0.6 is 11.6 Å². The molecule has 1 atom stereocenters. The van der Waals surface area contributed by atoms with Crippen molar-refractivity contribution < 1.29 is 9.47 Å². The van der Waals surface area contributed by atoms with Crippen molar-refractivity contribution in [3.8, 4) is 17.2 Å². The Kier molecular flexibility index (Phi) is 9.38. The molecule has 1 unspecified atom stereocenters. The molecule has 1 aliphatic carbocycles. The highest BCUT2D eigenvalue weighted by Crippen LogP contribution is 2.33. The third-order valence-electron chi connectivity index (χ3n) is 7.24. The van der Waals surface area contributed by atoms with E-state index in [1.807, 2.05) is 18.3 Å². The van der Waals surface area contributed by atoms with E-state index in [1.54, 1.807) is 19.5 Å². The average molecular weight is 513 g/mol. The summed E-state index contributed by atoms with van der Waals surface area (Å²) in [6.45, 7) is 4.72. The molecule has 3 heterocycles. The molecule has 9 heteroatoms. The van der Waals surface area contributed by atoms with Crippen LogP contribution in [0.15, 0.2) is 30.7 Å². The van der Waals surface area contributed by atoms with Crippen LogP contribution in [0.1, 0.15) is 45.4 Å². The molecular weight excluding hydrogens is 476 g/mol. The molecule has 0 spiro atoms. The van der Waals surface area contributed by atoms with E-state index in [4.69, 9.17) is 21.1 Å². The number of hydrogen-bond acceptors (Lipinski definition) is 8. The van der Waals surface area contributed by atoms with E-state index >= 15 is 0 Å². The van der Waals surface area contributed by atoms with E-state index in [0.717, 1.165) is 67.8 Å². The van der Waals surface area contributed by atoms with Crippen molar-refractivity contribution in [1.29, 1.82) is 5.26 Å². The standard InChI is InChI=1S/C27H37ClN6O2/c1-19(16-35-2)33-21-3-5-22(6-4-21)34-26-12-24(25(28)15-31-26)20-11-23(14-30-13-20)32-18-27(17-29)7-9-36-10-8-27/h11-15,19,21-22,32-33H,3-10,16,18H2,1-2H3,(H,31,34). The molecule has 1 saturated heterocycles. The van der Waals surface area contributed by atoms with E-state index in [2.05, 4.69) is 38.9 Å². The van der Waals surface area contributed by atoms with Gasteiger partial charge >= 0.3 is 0 Å². The third-order valence-corrected chi connectivity index (χ3v) is 7.54. The number of nitrogens with zero attached hydrogens (tertiary/aromatic N) is 3. The molecule has 4 rings (SSSR count). The number of aromatic nitrogens is 2. The molecule has 36 heavy (non-hydrogen) atoms. The highest BCUT2D eigenvalue weighted by molar-refractivity contribution is 6.33. The van der Waals surface area contributed by atoms with Crippen molar-refractivity contribution in [2.24, 2.45) is 5.41 Å². The average Bonchev–Trinajstić information content (AvgIpc) is 2.90. The van der Waals surface area contributed by atoms with Crippen LogP contribution in [0.3, 0.4) is 0 Å². The number of anilines is 2. The monoisotopic (exact) mass is 512 g/mol. The second-order valence-corrected chi connectivity index (χ2v) is 10.5. The van der Waals surface area contributed by atoms with Crippen molar-refractivity contribution in [2.45, 2.75) is 63.6 Å². The summed E-state index contributed by atoms with van der Waals surface area (Å²) in [5.41, 5.74) is 2.25. The molecule has 0 aromatic carbocycles. The van der Waals surface area contributed by atoms with Crippen molar-refractivity contribution >= 4 is 23.1 Å². The zero-order chi connectivity index (χ0) is 25.4. The first kappa shape index (κ1) is 26.6. The zero-order valence-corrected chi connectivity index (χ0v) is 22.0. The predicted octanol–water partition coefficient (Wildman–Crippen LogP) is 4.88. The lowest BCUT2D eigenvalue weighted by atomic mass is 9.81. The molecule has 8 nitrogen and oxygen atoms in total. The van der Waals surface area contributed by atoms with Crippen LogP contribution in [0.4, 0.5) is 11.5 Å². The maximum absolute atomic E-state index is 9.73. The Morgan fingerprint density at radius 1 is 1.17 bits per heavy atom. The largest absolute Gasteiger partial charge is 0.383 e.